The van der Waals surface area contributed by atoms with Crippen molar-refractivity contribution in [1.29, 1.82) is 0 Å². The molecule has 0 saturated heterocycles. The minimum Gasteiger partial charge on any atom is -0.311 e. The summed E-state index contributed by atoms with van der Waals surface area (Å²) in [5, 5.41) is 2.68. The van der Waals surface area contributed by atoms with E-state index >= 15 is 0 Å². The molecule has 0 bridgehead atoms. The minimum absolute atomic E-state index is 0.0118. The molecule has 7 aromatic carbocycles. The summed E-state index contributed by atoms with van der Waals surface area (Å²) in [5.74, 6) is 0.691. The first kappa shape index (κ1) is 35.8. The van der Waals surface area contributed by atoms with Gasteiger partial charge in [0.25, 0.3) is 0 Å². The minimum atomic E-state index is -0.0118. The van der Waals surface area contributed by atoms with Crippen LogP contribution >= 0.6 is 11.3 Å². The van der Waals surface area contributed by atoms with Crippen LogP contribution in [0.25, 0.3) is 20.2 Å². The fourth-order valence-corrected chi connectivity index (χ4v) is 11.1. The van der Waals surface area contributed by atoms with Gasteiger partial charge < -0.3 is 9.80 Å². The highest BCUT2D eigenvalue weighted by atomic mass is 32.1. The van der Waals surface area contributed by atoms with E-state index in [9.17, 15) is 0 Å². The van der Waals surface area contributed by atoms with Gasteiger partial charge in [-0.15, -0.1) is 11.3 Å². The average molecular weight is 759 g/mol. The van der Waals surface area contributed by atoms with Crippen molar-refractivity contribution in [3.63, 3.8) is 0 Å². The highest BCUT2D eigenvalue weighted by Gasteiger charge is 2.36. The van der Waals surface area contributed by atoms with Crippen LogP contribution in [-0.4, -0.2) is 0 Å². The molecule has 1 aromatic heterocycles. The van der Waals surface area contributed by atoms with Crippen LogP contribution in [0.3, 0.4) is 0 Å². The lowest BCUT2D eigenvalue weighted by Gasteiger charge is -2.39. The third-order valence-corrected chi connectivity index (χ3v) is 14.1. The maximum atomic E-state index is 2.47. The van der Waals surface area contributed by atoms with Gasteiger partial charge in [0, 0.05) is 59.7 Å². The van der Waals surface area contributed by atoms with Crippen molar-refractivity contribution >= 4 is 65.6 Å². The Hall–Kier alpha value is -5.64. The molecule has 10 rings (SSSR count). The van der Waals surface area contributed by atoms with Gasteiger partial charge in [0.05, 0.1) is 0 Å². The summed E-state index contributed by atoms with van der Waals surface area (Å²) in [5.41, 5.74) is 11.5. The van der Waals surface area contributed by atoms with Crippen LogP contribution in [0.15, 0.2) is 176 Å². The Labute approximate surface area is 342 Å². The standard InChI is InChI=1S/C54H50N2S/c1-5-15-40(16-6-1)41-23-29-46(30-24-41)56(49-35-36-51-50-21-11-12-22-52(50)57-53(51)39-49)48-33-27-43(28-34-48)54(37-13-4-14-38-54)42-25-31-47(32-26-42)55(44-17-7-2-8-18-44)45-19-9-3-10-20-45/h2-3,7-12,17-36,39-40H,1,4-6,13-16,37-38H2. The number of benzene rings is 7. The lowest BCUT2D eigenvalue weighted by Crippen LogP contribution is -2.30. The molecule has 2 aliphatic rings. The highest BCUT2D eigenvalue weighted by molar-refractivity contribution is 7.25. The van der Waals surface area contributed by atoms with Gasteiger partial charge >= 0.3 is 0 Å². The molecule has 0 amide bonds. The first-order valence-electron chi connectivity index (χ1n) is 21.2. The number of para-hydroxylation sites is 2. The summed E-state index contributed by atoms with van der Waals surface area (Å²) in [6, 6.07) is 66.0. The quantitative estimate of drug-likeness (QED) is 0.145. The molecule has 2 saturated carbocycles. The fraction of sp³-hybridized carbons (Fsp3) is 0.222. The summed E-state index contributed by atoms with van der Waals surface area (Å²) in [7, 11) is 0. The molecular formula is C54H50N2S. The molecule has 0 unspecified atom stereocenters. The summed E-state index contributed by atoms with van der Waals surface area (Å²) >= 11 is 1.89. The van der Waals surface area contributed by atoms with E-state index in [1.165, 1.54) is 135 Å². The molecule has 57 heavy (non-hydrogen) atoms. The molecule has 2 fully saturated rings. The van der Waals surface area contributed by atoms with Crippen molar-refractivity contribution in [2.75, 3.05) is 9.80 Å². The van der Waals surface area contributed by atoms with Gasteiger partial charge in [0.2, 0.25) is 0 Å². The zero-order chi connectivity index (χ0) is 38.0. The van der Waals surface area contributed by atoms with Crippen LogP contribution in [0.2, 0.25) is 0 Å². The lowest BCUT2D eigenvalue weighted by atomic mass is 9.65. The van der Waals surface area contributed by atoms with Gasteiger partial charge in [0.15, 0.2) is 0 Å². The number of thiophene rings is 1. The Kier molecular flexibility index (Phi) is 9.86. The molecule has 0 radical (unpaired) electrons. The van der Waals surface area contributed by atoms with Gasteiger partial charge in [-0.05, 0) is 127 Å². The fourth-order valence-electron chi connectivity index (χ4n) is 9.99. The number of fused-ring (bicyclic) bond motifs is 3. The molecule has 282 valence electrons. The van der Waals surface area contributed by atoms with Gasteiger partial charge in [0.1, 0.15) is 0 Å². The molecule has 0 N–H and O–H groups in total. The van der Waals surface area contributed by atoms with Gasteiger partial charge in [-0.2, -0.15) is 0 Å². The normalized spacial score (nSPS) is 15.8. The SMILES string of the molecule is c1ccc(N(c2ccccc2)c2ccc(C3(c4ccc(N(c5ccc(C6CCCCC6)cc5)c5ccc6c(c5)sc5ccccc56)cc4)CCCCC3)cc2)cc1. The largest absolute Gasteiger partial charge is 0.311 e. The van der Waals surface area contributed by atoms with E-state index in [2.05, 4.69) is 186 Å². The molecule has 2 aliphatic carbocycles. The molecule has 1 heterocycles. The number of nitrogens with zero attached hydrogens (tertiary/aromatic N) is 2. The van der Waals surface area contributed by atoms with Crippen LogP contribution in [0.1, 0.15) is 86.8 Å². The molecule has 8 aromatic rings. The van der Waals surface area contributed by atoms with Gasteiger partial charge in [-0.1, -0.05) is 136 Å². The smallest absolute Gasteiger partial charge is 0.0476 e. The monoisotopic (exact) mass is 758 g/mol. The third-order valence-electron chi connectivity index (χ3n) is 12.9. The lowest BCUT2D eigenvalue weighted by molar-refractivity contribution is 0.346. The second kappa shape index (κ2) is 15.7. The predicted octanol–water partition coefficient (Wildman–Crippen LogP) is 16.3. The van der Waals surface area contributed by atoms with E-state index in [0.717, 1.165) is 0 Å². The molecule has 2 nitrogen and oxygen atoms in total. The third kappa shape index (κ3) is 6.93. The van der Waals surface area contributed by atoms with Crippen molar-refractivity contribution in [3.8, 4) is 0 Å². The number of rotatable bonds is 9. The Balaban J connectivity index is 1.02. The second-order valence-corrected chi connectivity index (χ2v) is 17.4. The van der Waals surface area contributed by atoms with Gasteiger partial charge in [-0.3, -0.25) is 0 Å². The molecule has 0 aliphatic heterocycles. The molecule has 0 atom stereocenters. The predicted molar refractivity (Wildman–Crippen MR) is 245 cm³/mol. The Morgan fingerprint density at radius 3 is 1.44 bits per heavy atom. The van der Waals surface area contributed by atoms with Crippen molar-refractivity contribution < 1.29 is 0 Å². The topological polar surface area (TPSA) is 6.48 Å². The highest BCUT2D eigenvalue weighted by Crippen LogP contribution is 2.48. The summed E-state index contributed by atoms with van der Waals surface area (Å²) < 4.78 is 2.67. The Morgan fingerprint density at radius 1 is 0.386 bits per heavy atom. The zero-order valence-corrected chi connectivity index (χ0v) is 33.5. The first-order valence-corrected chi connectivity index (χ1v) is 22.0. The van der Waals surface area contributed by atoms with Crippen LogP contribution in [0, 0.1) is 0 Å². The van der Waals surface area contributed by atoms with E-state index in [0.29, 0.717) is 5.92 Å². The summed E-state index contributed by atoms with van der Waals surface area (Å²) in [6.07, 6.45) is 12.9. The van der Waals surface area contributed by atoms with Crippen molar-refractivity contribution in [2.45, 2.75) is 75.5 Å². The van der Waals surface area contributed by atoms with E-state index in [1.807, 2.05) is 11.3 Å². The second-order valence-electron chi connectivity index (χ2n) is 16.3. The zero-order valence-electron chi connectivity index (χ0n) is 32.7. The summed E-state index contributed by atoms with van der Waals surface area (Å²) in [4.78, 5) is 4.83. The number of anilines is 6. The van der Waals surface area contributed by atoms with Gasteiger partial charge in [-0.25, -0.2) is 0 Å². The average Bonchev–Trinajstić information content (AvgIpc) is 3.67. The summed E-state index contributed by atoms with van der Waals surface area (Å²) in [6.45, 7) is 0. The molecule has 0 spiro atoms. The molecular weight excluding hydrogens is 709 g/mol. The van der Waals surface area contributed by atoms with Crippen LogP contribution in [-0.2, 0) is 5.41 Å². The van der Waals surface area contributed by atoms with Crippen molar-refractivity contribution in [1.82, 2.24) is 0 Å². The maximum absolute atomic E-state index is 2.47. The van der Waals surface area contributed by atoms with E-state index in [-0.39, 0.29) is 5.41 Å². The maximum Gasteiger partial charge on any atom is 0.0476 e. The number of hydrogen-bond donors (Lipinski definition) is 0. The van der Waals surface area contributed by atoms with E-state index in [4.69, 9.17) is 0 Å². The van der Waals surface area contributed by atoms with Crippen molar-refractivity contribution in [2.24, 2.45) is 0 Å². The first-order chi connectivity index (χ1) is 28.2. The van der Waals surface area contributed by atoms with Crippen LogP contribution in [0.4, 0.5) is 34.1 Å². The van der Waals surface area contributed by atoms with Crippen LogP contribution in [0.5, 0.6) is 0 Å². The van der Waals surface area contributed by atoms with E-state index in [1.54, 1.807) is 0 Å². The number of hydrogen-bond acceptors (Lipinski definition) is 3. The van der Waals surface area contributed by atoms with E-state index < -0.39 is 0 Å². The Morgan fingerprint density at radius 2 is 0.842 bits per heavy atom. The van der Waals surface area contributed by atoms with Crippen molar-refractivity contribution in [3.05, 3.63) is 193 Å². The Bertz CT molecular complexity index is 2520. The van der Waals surface area contributed by atoms with Crippen LogP contribution < -0.4 is 9.80 Å². The molecule has 3 heteroatoms.